The van der Waals surface area contributed by atoms with Crippen LogP contribution in [0.4, 0.5) is 0 Å². The highest BCUT2D eigenvalue weighted by atomic mass is 32.2. The van der Waals surface area contributed by atoms with Crippen molar-refractivity contribution in [3.05, 3.63) is 40.9 Å². The lowest BCUT2D eigenvalue weighted by Crippen LogP contribution is -2.34. The largest absolute Gasteiger partial charge is 0.369 e. The van der Waals surface area contributed by atoms with Crippen molar-refractivity contribution < 1.29 is 13.2 Å². The molecule has 0 radical (unpaired) electrons. The van der Waals surface area contributed by atoms with Crippen LogP contribution in [0, 0.1) is 6.92 Å². The summed E-state index contributed by atoms with van der Waals surface area (Å²) in [5, 5.41) is 1.24. The van der Waals surface area contributed by atoms with Gasteiger partial charge in [0.05, 0.1) is 11.4 Å². The zero-order valence-electron chi connectivity index (χ0n) is 11.7. The third kappa shape index (κ3) is 3.68. The molecule has 0 saturated carbocycles. The third-order valence-corrected chi connectivity index (χ3v) is 6.09. The van der Waals surface area contributed by atoms with Gasteiger partial charge in [-0.15, -0.1) is 11.3 Å². The summed E-state index contributed by atoms with van der Waals surface area (Å²) in [5.74, 6) is -1.12. The Hall–Kier alpha value is -1.73. The van der Waals surface area contributed by atoms with Crippen molar-refractivity contribution in [1.82, 2.24) is 4.98 Å². The molecule has 5 nitrogen and oxygen atoms in total. The molecule has 2 aromatic rings. The van der Waals surface area contributed by atoms with Gasteiger partial charge in [0.2, 0.25) is 5.91 Å². The maximum absolute atomic E-state index is 12.0. The molecule has 0 aliphatic rings. The Kier molecular flexibility index (Phi) is 4.43. The third-order valence-electron chi connectivity index (χ3n) is 3.14. The van der Waals surface area contributed by atoms with Gasteiger partial charge < -0.3 is 5.73 Å². The number of carbonyl (C=O) groups excluding carboxylic acids is 1. The molecule has 1 aromatic heterocycles. The highest BCUT2D eigenvalue weighted by Crippen LogP contribution is 2.25. The van der Waals surface area contributed by atoms with Gasteiger partial charge in [-0.2, -0.15) is 0 Å². The Morgan fingerprint density at radius 2 is 1.95 bits per heavy atom. The Labute approximate surface area is 127 Å². The number of hydrogen-bond donors (Lipinski definition) is 1. The fourth-order valence-electron chi connectivity index (χ4n) is 1.71. The van der Waals surface area contributed by atoms with Crippen molar-refractivity contribution >= 4 is 27.1 Å². The number of hydrogen-bond acceptors (Lipinski definition) is 5. The maximum Gasteiger partial charge on any atom is 0.235 e. The first-order chi connectivity index (χ1) is 9.79. The van der Waals surface area contributed by atoms with E-state index in [1.54, 1.807) is 5.38 Å². The quantitative estimate of drug-likeness (QED) is 0.909. The average molecular weight is 324 g/mol. The molecule has 0 spiro atoms. The molecule has 0 aliphatic carbocycles. The monoisotopic (exact) mass is 324 g/mol. The lowest BCUT2D eigenvalue weighted by atomic mass is 10.2. The number of carbonyl (C=O) groups is 1. The molecule has 1 atom stereocenters. The predicted octanol–water partition coefficient (Wildman–Crippen LogP) is 1.91. The van der Waals surface area contributed by atoms with Crippen LogP contribution in [0.3, 0.4) is 0 Å². The van der Waals surface area contributed by atoms with E-state index < -0.39 is 21.0 Å². The molecule has 1 heterocycles. The molecule has 112 valence electrons. The van der Waals surface area contributed by atoms with Crippen molar-refractivity contribution in [1.29, 1.82) is 0 Å². The second kappa shape index (κ2) is 5.95. The summed E-state index contributed by atoms with van der Waals surface area (Å²) >= 11 is 1.38. The number of nitrogens with two attached hydrogens (primary N) is 1. The summed E-state index contributed by atoms with van der Waals surface area (Å²) in [6.45, 7) is 3.29. The van der Waals surface area contributed by atoms with Crippen molar-refractivity contribution in [3.63, 3.8) is 0 Å². The second-order valence-electron chi connectivity index (χ2n) is 4.86. The van der Waals surface area contributed by atoms with Gasteiger partial charge in [0.15, 0.2) is 9.84 Å². The minimum absolute atomic E-state index is 0.278. The van der Waals surface area contributed by atoms with Crippen LogP contribution in [-0.2, 0) is 20.4 Å². The van der Waals surface area contributed by atoms with Gasteiger partial charge in [0, 0.05) is 10.9 Å². The lowest BCUT2D eigenvalue weighted by molar-refractivity contribution is -0.117. The van der Waals surface area contributed by atoms with Gasteiger partial charge in [0.1, 0.15) is 10.3 Å². The fourth-order valence-corrected chi connectivity index (χ4v) is 3.81. The van der Waals surface area contributed by atoms with Crippen LogP contribution in [-0.4, -0.2) is 24.6 Å². The highest BCUT2D eigenvalue weighted by molar-refractivity contribution is 7.92. The van der Waals surface area contributed by atoms with Crippen molar-refractivity contribution in [2.24, 2.45) is 5.73 Å². The standard InChI is InChI=1S/C14H16N2O3S2/c1-9-3-5-11(6-4-9)14-16-12(7-20-14)8-21(18,19)10(2)13(15)17/h3-7,10H,8H2,1-2H3,(H2,15,17)/t10-/m0/s1. The molecule has 1 aromatic carbocycles. The van der Waals surface area contributed by atoms with Gasteiger partial charge in [-0.25, -0.2) is 13.4 Å². The molecule has 2 N–H and O–H groups in total. The number of benzene rings is 1. The number of rotatable bonds is 5. The average Bonchev–Trinajstić information content (AvgIpc) is 2.86. The van der Waals surface area contributed by atoms with E-state index in [1.165, 1.54) is 18.3 Å². The van der Waals surface area contributed by atoms with Crippen LogP contribution in [0.15, 0.2) is 29.6 Å². The molecule has 0 unspecified atom stereocenters. The minimum atomic E-state index is -3.62. The van der Waals surface area contributed by atoms with Gasteiger partial charge in [0.25, 0.3) is 0 Å². The zero-order chi connectivity index (χ0) is 15.6. The first-order valence-corrected chi connectivity index (χ1v) is 8.91. The van der Waals surface area contributed by atoms with Crippen LogP contribution in [0.1, 0.15) is 18.2 Å². The normalized spacial score (nSPS) is 13.0. The molecule has 0 fully saturated rings. The molecule has 21 heavy (non-hydrogen) atoms. The summed E-state index contributed by atoms with van der Waals surface area (Å²) in [6.07, 6.45) is 0. The number of aromatic nitrogens is 1. The van der Waals surface area contributed by atoms with Gasteiger partial charge in [-0.05, 0) is 13.8 Å². The molecular formula is C14H16N2O3S2. The van der Waals surface area contributed by atoms with E-state index in [4.69, 9.17) is 5.73 Å². The Morgan fingerprint density at radius 1 is 1.33 bits per heavy atom. The molecule has 7 heteroatoms. The second-order valence-corrected chi connectivity index (χ2v) is 8.04. The number of aryl methyl sites for hydroxylation is 1. The van der Waals surface area contributed by atoms with Crippen LogP contribution in [0.25, 0.3) is 10.6 Å². The van der Waals surface area contributed by atoms with Crippen LogP contribution in [0.2, 0.25) is 0 Å². The molecule has 1 amide bonds. The Balaban J connectivity index is 2.21. The maximum atomic E-state index is 12.0. The van der Waals surface area contributed by atoms with E-state index in [0.29, 0.717) is 5.69 Å². The summed E-state index contributed by atoms with van der Waals surface area (Å²) in [5.41, 5.74) is 7.57. The smallest absolute Gasteiger partial charge is 0.235 e. The molecule has 0 saturated heterocycles. The number of amides is 1. The summed E-state index contributed by atoms with van der Waals surface area (Å²) in [4.78, 5) is 15.3. The SMILES string of the molecule is Cc1ccc(-c2nc(CS(=O)(=O)[C@@H](C)C(N)=O)cs2)cc1. The first kappa shape index (κ1) is 15.7. The van der Waals surface area contributed by atoms with Crippen LogP contribution >= 0.6 is 11.3 Å². The van der Waals surface area contributed by atoms with Gasteiger partial charge in [-0.1, -0.05) is 29.8 Å². The Bertz CT molecular complexity index is 749. The number of sulfone groups is 1. The van der Waals surface area contributed by atoms with Gasteiger partial charge in [-0.3, -0.25) is 4.79 Å². The topological polar surface area (TPSA) is 90.1 Å². The van der Waals surface area contributed by atoms with Crippen molar-refractivity contribution in [3.8, 4) is 10.6 Å². The van der Waals surface area contributed by atoms with Gasteiger partial charge >= 0.3 is 0 Å². The van der Waals surface area contributed by atoms with Crippen molar-refractivity contribution in [2.45, 2.75) is 24.9 Å². The van der Waals surface area contributed by atoms with E-state index >= 15 is 0 Å². The number of thiazole rings is 1. The molecular weight excluding hydrogens is 308 g/mol. The van der Waals surface area contributed by atoms with E-state index in [2.05, 4.69) is 4.98 Å². The van der Waals surface area contributed by atoms with Crippen molar-refractivity contribution in [2.75, 3.05) is 0 Å². The Morgan fingerprint density at radius 3 is 2.52 bits per heavy atom. The van der Waals surface area contributed by atoms with E-state index in [0.717, 1.165) is 16.1 Å². The fraction of sp³-hybridized carbons (Fsp3) is 0.286. The lowest BCUT2D eigenvalue weighted by Gasteiger charge is -2.07. The number of primary amides is 1. The molecule has 2 rings (SSSR count). The summed E-state index contributed by atoms with van der Waals surface area (Å²) in [6, 6.07) is 7.83. The van der Waals surface area contributed by atoms with E-state index in [1.807, 2.05) is 31.2 Å². The summed E-state index contributed by atoms with van der Waals surface area (Å²) < 4.78 is 24.0. The molecule has 0 bridgehead atoms. The van der Waals surface area contributed by atoms with Crippen LogP contribution < -0.4 is 5.73 Å². The summed E-state index contributed by atoms with van der Waals surface area (Å²) in [7, 11) is -3.62. The van der Waals surface area contributed by atoms with E-state index in [-0.39, 0.29) is 5.75 Å². The predicted molar refractivity (Wildman–Crippen MR) is 83.6 cm³/mol. The number of nitrogens with zero attached hydrogens (tertiary/aromatic N) is 1. The highest BCUT2D eigenvalue weighted by Gasteiger charge is 2.27. The zero-order valence-corrected chi connectivity index (χ0v) is 13.4. The minimum Gasteiger partial charge on any atom is -0.369 e. The molecule has 0 aliphatic heterocycles. The first-order valence-electron chi connectivity index (χ1n) is 6.32. The van der Waals surface area contributed by atoms with E-state index in [9.17, 15) is 13.2 Å². The van der Waals surface area contributed by atoms with Crippen LogP contribution in [0.5, 0.6) is 0 Å².